The molecule has 0 aliphatic carbocycles. The highest BCUT2D eigenvalue weighted by Crippen LogP contribution is 2.25. The van der Waals surface area contributed by atoms with E-state index in [2.05, 4.69) is 24.5 Å². The average Bonchev–Trinajstić information content (AvgIpc) is 2.67. The van der Waals surface area contributed by atoms with Crippen LogP contribution in [0.1, 0.15) is 31.9 Å². The Labute approximate surface area is 159 Å². The number of carbonyl (C=O) groups excluding carboxylic acids is 2. The molecule has 2 N–H and O–H groups in total. The lowest BCUT2D eigenvalue weighted by Gasteiger charge is -2.19. The number of anilines is 1. The molecule has 27 heavy (non-hydrogen) atoms. The van der Waals surface area contributed by atoms with Crippen molar-refractivity contribution >= 4 is 17.7 Å². The molecule has 0 radical (unpaired) electrons. The van der Waals surface area contributed by atoms with E-state index in [1.807, 2.05) is 42.5 Å². The Hall–Kier alpha value is -3.02. The highest BCUT2D eigenvalue weighted by molar-refractivity contribution is 5.91. The number of esters is 1. The van der Waals surface area contributed by atoms with Crippen LogP contribution in [0.2, 0.25) is 0 Å². The number of hydrogen-bond acceptors (Lipinski definition) is 4. The van der Waals surface area contributed by atoms with Gasteiger partial charge in [-0.05, 0) is 23.6 Å². The molecule has 2 rings (SSSR count). The Morgan fingerprint density at radius 2 is 1.67 bits per heavy atom. The zero-order valence-electron chi connectivity index (χ0n) is 15.9. The van der Waals surface area contributed by atoms with Crippen LogP contribution in [0.25, 0.3) is 0 Å². The number of carbonyl (C=O) groups is 2. The van der Waals surface area contributed by atoms with Crippen molar-refractivity contribution < 1.29 is 19.1 Å². The summed E-state index contributed by atoms with van der Waals surface area (Å²) in [5.74, 6) is 0.574. The van der Waals surface area contributed by atoms with Gasteiger partial charge in [0.2, 0.25) is 0 Å². The molecule has 2 aromatic carbocycles. The Kier molecular flexibility index (Phi) is 7.67. The first-order valence-electron chi connectivity index (χ1n) is 8.90. The molecule has 0 heterocycles. The van der Waals surface area contributed by atoms with Gasteiger partial charge in [0.05, 0.1) is 31.9 Å². The van der Waals surface area contributed by atoms with Crippen LogP contribution < -0.4 is 15.4 Å². The second-order valence-corrected chi connectivity index (χ2v) is 6.54. The number of para-hydroxylation sites is 2. The molecule has 2 aromatic rings. The quantitative estimate of drug-likeness (QED) is 0.685. The molecule has 6 nitrogen and oxygen atoms in total. The summed E-state index contributed by atoms with van der Waals surface area (Å²) in [6, 6.07) is 15.6. The van der Waals surface area contributed by atoms with Crippen molar-refractivity contribution in [2.75, 3.05) is 19.0 Å². The van der Waals surface area contributed by atoms with Crippen LogP contribution in [0, 0.1) is 5.92 Å². The molecule has 0 spiro atoms. The van der Waals surface area contributed by atoms with Gasteiger partial charge in [-0.15, -0.1) is 0 Å². The predicted octanol–water partition coefficient (Wildman–Crippen LogP) is 4.15. The molecule has 0 aliphatic rings. The number of amides is 2. The maximum absolute atomic E-state index is 12.5. The van der Waals surface area contributed by atoms with Crippen molar-refractivity contribution in [1.82, 2.24) is 5.32 Å². The largest absolute Gasteiger partial charge is 0.491 e. The Morgan fingerprint density at radius 3 is 2.33 bits per heavy atom. The number of ether oxygens (including phenoxy) is 2. The molecular weight excluding hydrogens is 344 g/mol. The van der Waals surface area contributed by atoms with E-state index in [9.17, 15) is 9.59 Å². The number of urea groups is 1. The minimum Gasteiger partial charge on any atom is -0.491 e. The van der Waals surface area contributed by atoms with E-state index >= 15 is 0 Å². The average molecular weight is 370 g/mol. The van der Waals surface area contributed by atoms with E-state index in [0.717, 1.165) is 5.56 Å². The monoisotopic (exact) mass is 370 g/mol. The van der Waals surface area contributed by atoms with Gasteiger partial charge < -0.3 is 20.1 Å². The predicted molar refractivity (Wildman–Crippen MR) is 105 cm³/mol. The highest BCUT2D eigenvalue weighted by atomic mass is 16.5. The third-order valence-corrected chi connectivity index (χ3v) is 3.81. The summed E-state index contributed by atoms with van der Waals surface area (Å²) in [5.41, 5.74) is 1.39. The highest BCUT2D eigenvalue weighted by Gasteiger charge is 2.19. The lowest BCUT2D eigenvalue weighted by molar-refractivity contribution is -0.141. The van der Waals surface area contributed by atoms with Gasteiger partial charge in [-0.3, -0.25) is 4.79 Å². The summed E-state index contributed by atoms with van der Waals surface area (Å²) in [7, 11) is 1.33. The summed E-state index contributed by atoms with van der Waals surface area (Å²) in [4.78, 5) is 24.3. The van der Waals surface area contributed by atoms with E-state index in [1.54, 1.807) is 12.1 Å². The number of hydrogen-bond donors (Lipinski definition) is 2. The van der Waals surface area contributed by atoms with Gasteiger partial charge in [-0.2, -0.15) is 0 Å². The van der Waals surface area contributed by atoms with Gasteiger partial charge in [-0.25, -0.2) is 4.79 Å². The van der Waals surface area contributed by atoms with Crippen molar-refractivity contribution in [1.29, 1.82) is 0 Å². The number of benzene rings is 2. The lowest BCUT2D eigenvalue weighted by atomic mass is 10.0. The second-order valence-electron chi connectivity index (χ2n) is 6.54. The molecule has 144 valence electrons. The Bertz CT molecular complexity index is 747. The lowest BCUT2D eigenvalue weighted by Crippen LogP contribution is -2.34. The van der Waals surface area contributed by atoms with Crippen LogP contribution in [0.5, 0.6) is 5.75 Å². The molecule has 0 aromatic heterocycles. The van der Waals surface area contributed by atoms with E-state index < -0.39 is 18.0 Å². The van der Waals surface area contributed by atoms with Gasteiger partial charge in [0.1, 0.15) is 5.75 Å². The summed E-state index contributed by atoms with van der Waals surface area (Å²) in [5, 5.41) is 5.63. The van der Waals surface area contributed by atoms with E-state index in [0.29, 0.717) is 24.0 Å². The summed E-state index contributed by atoms with van der Waals surface area (Å²) in [6.07, 6.45) is 0.0411. The maximum atomic E-state index is 12.5. The molecular formula is C21H26N2O4. The van der Waals surface area contributed by atoms with Crippen LogP contribution in [-0.4, -0.2) is 25.7 Å². The molecule has 1 atom stereocenters. The minimum absolute atomic E-state index is 0.0411. The molecule has 0 aliphatic heterocycles. The Morgan fingerprint density at radius 1 is 1.00 bits per heavy atom. The first-order chi connectivity index (χ1) is 13.0. The van der Waals surface area contributed by atoms with Crippen LogP contribution in [0.15, 0.2) is 54.6 Å². The smallest absolute Gasteiger partial charge is 0.319 e. The standard InChI is InChI=1S/C21H26N2O4/c1-15(2)14-27-19-12-8-7-11-17(19)22-21(25)23-18(13-20(24)26-3)16-9-5-4-6-10-16/h4-12,15,18H,13-14H2,1-3H3,(H2,22,23,25). The summed E-state index contributed by atoms with van der Waals surface area (Å²) in [6.45, 7) is 4.66. The molecule has 0 saturated carbocycles. The zero-order valence-corrected chi connectivity index (χ0v) is 15.9. The normalized spacial score (nSPS) is 11.6. The van der Waals surface area contributed by atoms with E-state index in [4.69, 9.17) is 9.47 Å². The van der Waals surface area contributed by atoms with E-state index in [1.165, 1.54) is 7.11 Å². The third kappa shape index (κ3) is 6.66. The maximum Gasteiger partial charge on any atom is 0.319 e. The fourth-order valence-electron chi connectivity index (χ4n) is 2.46. The number of rotatable bonds is 8. The first kappa shape index (κ1) is 20.3. The van der Waals surface area contributed by atoms with Gasteiger partial charge in [0, 0.05) is 0 Å². The SMILES string of the molecule is COC(=O)CC(NC(=O)Nc1ccccc1OCC(C)C)c1ccccc1. The Balaban J connectivity index is 2.08. The second kappa shape index (κ2) is 10.2. The fourth-order valence-corrected chi connectivity index (χ4v) is 2.46. The molecule has 6 heteroatoms. The zero-order chi connectivity index (χ0) is 19.6. The summed E-state index contributed by atoms with van der Waals surface area (Å²) >= 11 is 0. The molecule has 0 saturated heterocycles. The molecule has 2 amide bonds. The molecule has 1 unspecified atom stereocenters. The van der Waals surface area contributed by atoms with Crippen molar-refractivity contribution in [2.45, 2.75) is 26.3 Å². The van der Waals surface area contributed by atoms with E-state index in [-0.39, 0.29) is 6.42 Å². The molecule has 0 fully saturated rings. The van der Waals surface area contributed by atoms with Crippen molar-refractivity contribution in [2.24, 2.45) is 5.92 Å². The first-order valence-corrected chi connectivity index (χ1v) is 8.90. The van der Waals surface area contributed by atoms with Crippen molar-refractivity contribution in [3.05, 3.63) is 60.2 Å². The fraction of sp³-hybridized carbons (Fsp3) is 0.333. The van der Waals surface area contributed by atoms with Crippen LogP contribution in [-0.2, 0) is 9.53 Å². The van der Waals surface area contributed by atoms with Gasteiger partial charge >= 0.3 is 12.0 Å². The van der Waals surface area contributed by atoms with Gasteiger partial charge in [-0.1, -0.05) is 56.3 Å². The number of methoxy groups -OCH3 is 1. The van der Waals surface area contributed by atoms with Crippen molar-refractivity contribution in [3.8, 4) is 5.75 Å². The van der Waals surface area contributed by atoms with Crippen molar-refractivity contribution in [3.63, 3.8) is 0 Å². The van der Waals surface area contributed by atoms with Gasteiger partial charge in [0.15, 0.2) is 0 Å². The number of nitrogens with one attached hydrogen (secondary N) is 2. The van der Waals surface area contributed by atoms with Crippen LogP contribution in [0.4, 0.5) is 10.5 Å². The topological polar surface area (TPSA) is 76.7 Å². The van der Waals surface area contributed by atoms with Crippen LogP contribution >= 0.6 is 0 Å². The van der Waals surface area contributed by atoms with Crippen LogP contribution in [0.3, 0.4) is 0 Å². The third-order valence-electron chi connectivity index (χ3n) is 3.81. The molecule has 0 bridgehead atoms. The van der Waals surface area contributed by atoms with Gasteiger partial charge in [0.25, 0.3) is 0 Å². The summed E-state index contributed by atoms with van der Waals surface area (Å²) < 4.78 is 10.5. The minimum atomic E-state index is -0.498.